The minimum Gasteiger partial charge on any atom is -0.393 e. The van der Waals surface area contributed by atoms with Gasteiger partial charge in [-0.3, -0.25) is 0 Å². The molecule has 0 aliphatic heterocycles. The second kappa shape index (κ2) is 3.11. The van der Waals surface area contributed by atoms with Crippen molar-refractivity contribution in [2.75, 3.05) is 6.61 Å². The molecule has 1 aliphatic rings. The lowest BCUT2D eigenvalue weighted by molar-refractivity contribution is -0.0966. The maximum Gasteiger partial charge on any atom is 0.0905 e. The first-order valence-corrected chi connectivity index (χ1v) is 4.43. The summed E-state index contributed by atoms with van der Waals surface area (Å²) in [5.74, 6) is 0.780. The molecule has 0 saturated heterocycles. The molecule has 0 bridgehead atoms. The van der Waals surface area contributed by atoms with E-state index < -0.39 is 5.60 Å². The van der Waals surface area contributed by atoms with Gasteiger partial charge in [-0.15, -0.1) is 0 Å². The molecule has 1 rings (SSSR count). The largest absolute Gasteiger partial charge is 0.393 e. The summed E-state index contributed by atoms with van der Waals surface area (Å²) in [6, 6.07) is 0. The van der Waals surface area contributed by atoms with Crippen molar-refractivity contribution in [3.63, 3.8) is 0 Å². The zero-order valence-electron chi connectivity index (χ0n) is 7.38. The van der Waals surface area contributed by atoms with Crippen LogP contribution in [0.15, 0.2) is 0 Å². The molecule has 2 N–H and O–H groups in total. The van der Waals surface area contributed by atoms with E-state index >= 15 is 0 Å². The molecular weight excluding hydrogens is 140 g/mol. The number of hydrogen-bond donors (Lipinski definition) is 2. The van der Waals surface area contributed by atoms with E-state index in [-0.39, 0.29) is 12.5 Å². The maximum absolute atomic E-state index is 9.87. The summed E-state index contributed by atoms with van der Waals surface area (Å²) in [4.78, 5) is 0. The molecule has 66 valence electrons. The summed E-state index contributed by atoms with van der Waals surface area (Å²) >= 11 is 0. The van der Waals surface area contributed by atoms with Gasteiger partial charge in [0.25, 0.3) is 0 Å². The molecule has 0 aromatic heterocycles. The molecule has 1 saturated carbocycles. The van der Waals surface area contributed by atoms with Gasteiger partial charge in [0.15, 0.2) is 0 Å². The van der Waals surface area contributed by atoms with Crippen molar-refractivity contribution in [1.82, 2.24) is 0 Å². The second-order valence-electron chi connectivity index (χ2n) is 3.92. The van der Waals surface area contributed by atoms with Gasteiger partial charge < -0.3 is 10.2 Å². The van der Waals surface area contributed by atoms with Crippen molar-refractivity contribution >= 4 is 0 Å². The smallest absolute Gasteiger partial charge is 0.0905 e. The molecular formula is C9H18O2. The number of aliphatic hydroxyl groups is 2. The van der Waals surface area contributed by atoms with Gasteiger partial charge in [-0.25, -0.2) is 0 Å². The molecule has 11 heavy (non-hydrogen) atoms. The Morgan fingerprint density at radius 2 is 2.09 bits per heavy atom. The van der Waals surface area contributed by atoms with Crippen LogP contribution in [0.3, 0.4) is 0 Å². The predicted octanol–water partition coefficient (Wildman–Crippen LogP) is 1.17. The summed E-state index contributed by atoms with van der Waals surface area (Å²) in [6.45, 7) is 4.09. The van der Waals surface area contributed by atoms with Crippen LogP contribution >= 0.6 is 0 Å². The van der Waals surface area contributed by atoms with Crippen LogP contribution in [-0.2, 0) is 0 Å². The van der Waals surface area contributed by atoms with E-state index in [0.29, 0.717) is 5.92 Å². The first kappa shape index (κ1) is 9.01. The molecule has 0 amide bonds. The van der Waals surface area contributed by atoms with E-state index in [1.807, 2.05) is 6.92 Å². The SMILES string of the molecule is CC1CCCC(O)(CO)C1C. The van der Waals surface area contributed by atoms with Crippen LogP contribution in [-0.4, -0.2) is 22.4 Å². The van der Waals surface area contributed by atoms with E-state index in [4.69, 9.17) is 5.11 Å². The molecule has 0 radical (unpaired) electrons. The lowest BCUT2D eigenvalue weighted by Crippen LogP contribution is -2.45. The average molecular weight is 158 g/mol. The highest BCUT2D eigenvalue weighted by molar-refractivity contribution is 4.89. The third-order valence-electron chi connectivity index (χ3n) is 3.24. The minimum absolute atomic E-state index is 0.0848. The number of aliphatic hydroxyl groups excluding tert-OH is 1. The second-order valence-corrected chi connectivity index (χ2v) is 3.92. The van der Waals surface area contributed by atoms with Crippen LogP contribution < -0.4 is 0 Å². The van der Waals surface area contributed by atoms with E-state index in [1.54, 1.807) is 0 Å². The molecule has 0 aromatic rings. The lowest BCUT2D eigenvalue weighted by Gasteiger charge is -2.40. The first-order chi connectivity index (χ1) is 5.10. The van der Waals surface area contributed by atoms with Gasteiger partial charge >= 0.3 is 0 Å². The van der Waals surface area contributed by atoms with E-state index in [1.165, 1.54) is 6.42 Å². The third-order valence-corrected chi connectivity index (χ3v) is 3.24. The zero-order valence-corrected chi connectivity index (χ0v) is 7.38. The highest BCUT2D eigenvalue weighted by Gasteiger charge is 2.38. The summed E-state index contributed by atoms with van der Waals surface area (Å²) < 4.78 is 0. The van der Waals surface area contributed by atoms with Crippen LogP contribution in [0.4, 0.5) is 0 Å². The molecule has 2 heteroatoms. The van der Waals surface area contributed by atoms with Gasteiger partial charge in [-0.05, 0) is 18.3 Å². The van der Waals surface area contributed by atoms with Crippen molar-refractivity contribution in [3.05, 3.63) is 0 Å². The van der Waals surface area contributed by atoms with Crippen LogP contribution in [0, 0.1) is 11.8 Å². The van der Waals surface area contributed by atoms with Crippen molar-refractivity contribution in [3.8, 4) is 0 Å². The van der Waals surface area contributed by atoms with Crippen LogP contribution in [0.5, 0.6) is 0 Å². The number of hydrogen-bond acceptors (Lipinski definition) is 2. The molecule has 0 heterocycles. The third kappa shape index (κ3) is 1.57. The normalized spacial score (nSPS) is 45.8. The Morgan fingerprint density at radius 1 is 1.45 bits per heavy atom. The Labute approximate surface area is 68.2 Å². The van der Waals surface area contributed by atoms with Gasteiger partial charge in [0.1, 0.15) is 0 Å². The van der Waals surface area contributed by atoms with Gasteiger partial charge in [0.05, 0.1) is 12.2 Å². The maximum atomic E-state index is 9.87. The van der Waals surface area contributed by atoms with Crippen LogP contribution in [0.25, 0.3) is 0 Å². The molecule has 0 aromatic carbocycles. The highest BCUT2D eigenvalue weighted by Crippen LogP contribution is 2.36. The molecule has 3 unspecified atom stereocenters. The van der Waals surface area contributed by atoms with Crippen molar-refractivity contribution in [2.45, 2.75) is 38.7 Å². The standard InChI is InChI=1S/C9H18O2/c1-7-4-3-5-9(11,6-10)8(7)2/h7-8,10-11H,3-6H2,1-2H3. The van der Waals surface area contributed by atoms with Gasteiger partial charge in [0.2, 0.25) is 0 Å². The minimum atomic E-state index is -0.794. The summed E-state index contributed by atoms with van der Waals surface area (Å²) in [5.41, 5.74) is -0.794. The van der Waals surface area contributed by atoms with Gasteiger partial charge in [-0.2, -0.15) is 0 Å². The molecule has 2 nitrogen and oxygen atoms in total. The van der Waals surface area contributed by atoms with Crippen molar-refractivity contribution < 1.29 is 10.2 Å². The lowest BCUT2D eigenvalue weighted by atomic mass is 9.71. The van der Waals surface area contributed by atoms with Gasteiger partial charge in [0, 0.05) is 0 Å². The van der Waals surface area contributed by atoms with Crippen LogP contribution in [0.1, 0.15) is 33.1 Å². The quantitative estimate of drug-likeness (QED) is 0.601. The summed E-state index contributed by atoms with van der Waals surface area (Å²) in [7, 11) is 0. The average Bonchev–Trinajstić information content (AvgIpc) is 2.00. The Bertz CT molecular complexity index is 136. The first-order valence-electron chi connectivity index (χ1n) is 4.43. The fourth-order valence-corrected chi connectivity index (χ4v) is 1.96. The van der Waals surface area contributed by atoms with Crippen molar-refractivity contribution in [2.24, 2.45) is 11.8 Å². The summed E-state index contributed by atoms with van der Waals surface area (Å²) in [5, 5.41) is 18.9. The fraction of sp³-hybridized carbons (Fsp3) is 1.00. The molecule has 0 spiro atoms. The van der Waals surface area contributed by atoms with E-state index in [2.05, 4.69) is 6.92 Å². The Balaban J connectivity index is 2.64. The zero-order chi connectivity index (χ0) is 8.48. The molecule has 1 aliphatic carbocycles. The fourth-order valence-electron chi connectivity index (χ4n) is 1.96. The Kier molecular flexibility index (Phi) is 2.55. The molecule has 3 atom stereocenters. The van der Waals surface area contributed by atoms with Gasteiger partial charge in [-0.1, -0.05) is 26.7 Å². The van der Waals surface area contributed by atoms with Crippen molar-refractivity contribution in [1.29, 1.82) is 0 Å². The summed E-state index contributed by atoms with van der Waals surface area (Å²) in [6.07, 6.45) is 2.99. The predicted molar refractivity (Wildman–Crippen MR) is 44.2 cm³/mol. The Morgan fingerprint density at radius 3 is 2.55 bits per heavy atom. The monoisotopic (exact) mass is 158 g/mol. The Hall–Kier alpha value is -0.0800. The van der Waals surface area contributed by atoms with E-state index in [9.17, 15) is 5.11 Å². The van der Waals surface area contributed by atoms with Crippen LogP contribution in [0.2, 0.25) is 0 Å². The molecule has 1 fully saturated rings. The number of rotatable bonds is 1. The van der Waals surface area contributed by atoms with E-state index in [0.717, 1.165) is 12.8 Å². The topological polar surface area (TPSA) is 40.5 Å². The highest BCUT2D eigenvalue weighted by atomic mass is 16.3.